The lowest BCUT2D eigenvalue weighted by atomic mass is 9.96. The van der Waals surface area contributed by atoms with Crippen LogP contribution in [-0.2, 0) is 32.1 Å². The first kappa shape index (κ1) is 40.0. The molecule has 0 radical (unpaired) electrons. The highest BCUT2D eigenvalue weighted by Crippen LogP contribution is 2.20. The lowest BCUT2D eigenvalue weighted by Gasteiger charge is -2.29. The Balaban J connectivity index is 1.79. The molecule has 3 aromatic rings. The molecule has 0 fully saturated rings. The predicted molar refractivity (Wildman–Crippen MR) is 197 cm³/mol. The summed E-state index contributed by atoms with van der Waals surface area (Å²) in [4.78, 5) is 53.5. The zero-order valence-electron chi connectivity index (χ0n) is 30.2. The van der Waals surface area contributed by atoms with Crippen molar-refractivity contribution in [2.45, 2.75) is 110 Å². The third kappa shape index (κ3) is 13.5. The van der Waals surface area contributed by atoms with E-state index in [2.05, 4.69) is 21.3 Å². The summed E-state index contributed by atoms with van der Waals surface area (Å²) in [6, 6.07) is 20.2. The number of aliphatic hydroxyl groups excluding tert-OH is 1. The molecule has 3 rings (SSSR count). The number of aliphatic hydroxyl groups is 1. The lowest BCUT2D eigenvalue weighted by Crippen LogP contribution is -2.57. The fraction of sp³-hybridized carbons (Fsp3) is 0.500. The average Bonchev–Trinajstić information content (AvgIpc) is 3.11. The van der Waals surface area contributed by atoms with Gasteiger partial charge in [-0.25, -0.2) is 4.79 Å². The fourth-order valence-corrected chi connectivity index (χ4v) is 5.70. The van der Waals surface area contributed by atoms with Gasteiger partial charge in [-0.15, -0.1) is 0 Å². The molecule has 5 N–H and O–H groups in total. The highest BCUT2D eigenvalue weighted by Gasteiger charge is 2.31. The van der Waals surface area contributed by atoms with Crippen molar-refractivity contribution >= 4 is 34.6 Å². The van der Waals surface area contributed by atoms with Gasteiger partial charge in [-0.3, -0.25) is 14.4 Å². The van der Waals surface area contributed by atoms with Crippen LogP contribution in [0.2, 0.25) is 0 Å². The fourth-order valence-electron chi connectivity index (χ4n) is 5.70. The number of benzene rings is 3. The lowest BCUT2D eigenvalue weighted by molar-refractivity contribution is -0.131. The van der Waals surface area contributed by atoms with Gasteiger partial charge in [0.25, 0.3) is 0 Å². The van der Waals surface area contributed by atoms with Crippen LogP contribution >= 0.6 is 0 Å². The molecular weight excluding hydrogens is 632 g/mol. The van der Waals surface area contributed by atoms with Crippen LogP contribution in [0.1, 0.15) is 84.3 Å². The first-order valence-corrected chi connectivity index (χ1v) is 18.0. The number of ether oxygens (including phenoxy) is 1. The van der Waals surface area contributed by atoms with E-state index < -0.39 is 42.1 Å². The zero-order chi connectivity index (χ0) is 36.5. The van der Waals surface area contributed by atoms with E-state index in [0.29, 0.717) is 31.7 Å². The van der Waals surface area contributed by atoms with Crippen molar-refractivity contribution in [3.63, 3.8) is 0 Å². The Kier molecular flexibility index (Phi) is 16.7. The zero-order valence-corrected chi connectivity index (χ0v) is 30.2. The number of fused-ring (bicyclic) bond motifs is 1. The topological polar surface area (TPSA) is 146 Å². The number of amides is 4. The van der Waals surface area contributed by atoms with E-state index >= 15 is 0 Å². The summed E-state index contributed by atoms with van der Waals surface area (Å²) in [5, 5.41) is 24.5. The van der Waals surface area contributed by atoms with Gasteiger partial charge in [-0.1, -0.05) is 127 Å². The number of nitrogens with one attached hydrogen (secondary N) is 4. The first-order valence-electron chi connectivity index (χ1n) is 18.0. The van der Waals surface area contributed by atoms with Crippen molar-refractivity contribution in [2.24, 2.45) is 11.8 Å². The van der Waals surface area contributed by atoms with Gasteiger partial charge in [0.15, 0.2) is 0 Å². The minimum atomic E-state index is -1.11. The van der Waals surface area contributed by atoms with Crippen LogP contribution in [0, 0.1) is 11.8 Å². The van der Waals surface area contributed by atoms with Crippen LogP contribution in [-0.4, -0.2) is 59.7 Å². The van der Waals surface area contributed by atoms with E-state index in [9.17, 15) is 24.3 Å². The van der Waals surface area contributed by atoms with Crippen LogP contribution < -0.4 is 21.3 Å². The summed E-state index contributed by atoms with van der Waals surface area (Å²) in [5.74, 6) is -0.825. The summed E-state index contributed by atoms with van der Waals surface area (Å²) in [6.45, 7) is 10.6. The van der Waals surface area contributed by atoms with Crippen LogP contribution in [0.15, 0.2) is 72.8 Å². The molecule has 4 amide bonds. The quantitative estimate of drug-likeness (QED) is 0.102. The highest BCUT2D eigenvalue weighted by atomic mass is 16.5. The number of alkyl carbamates (subject to hydrolysis) is 1. The second-order valence-corrected chi connectivity index (χ2v) is 13.6. The number of rotatable bonds is 20. The Morgan fingerprint density at radius 1 is 0.800 bits per heavy atom. The maximum absolute atomic E-state index is 14.0. The third-order valence-electron chi connectivity index (χ3n) is 8.86. The highest BCUT2D eigenvalue weighted by molar-refractivity contribution is 5.92. The second kappa shape index (κ2) is 20.9. The van der Waals surface area contributed by atoms with Crippen molar-refractivity contribution in [1.29, 1.82) is 0 Å². The van der Waals surface area contributed by atoms with Gasteiger partial charge in [0.1, 0.15) is 18.7 Å². The molecule has 0 saturated heterocycles. The monoisotopic (exact) mass is 688 g/mol. The van der Waals surface area contributed by atoms with Crippen molar-refractivity contribution in [1.82, 2.24) is 21.3 Å². The van der Waals surface area contributed by atoms with E-state index in [-0.39, 0.29) is 31.3 Å². The number of carbonyl (C=O) groups excluding carboxylic acids is 4. The molecule has 0 aliphatic rings. The van der Waals surface area contributed by atoms with Gasteiger partial charge in [0, 0.05) is 13.0 Å². The van der Waals surface area contributed by atoms with Crippen molar-refractivity contribution in [3.05, 3.63) is 83.9 Å². The molecule has 3 unspecified atom stereocenters. The number of unbranched alkanes of at least 4 members (excludes halogenated alkanes) is 1. The number of hydrogen-bond donors (Lipinski definition) is 5. The third-order valence-corrected chi connectivity index (χ3v) is 8.86. The molecule has 10 heteroatoms. The normalized spacial score (nSPS) is 14.2. The molecule has 0 aliphatic carbocycles. The smallest absolute Gasteiger partial charge is 0.408 e. The molecule has 50 heavy (non-hydrogen) atoms. The van der Waals surface area contributed by atoms with Crippen molar-refractivity contribution in [2.75, 3.05) is 6.54 Å². The van der Waals surface area contributed by atoms with Gasteiger partial charge in [-0.2, -0.15) is 0 Å². The molecule has 0 bridgehead atoms. The first-order chi connectivity index (χ1) is 24.0. The molecule has 3 aromatic carbocycles. The number of hydrogen-bond acceptors (Lipinski definition) is 6. The summed E-state index contributed by atoms with van der Waals surface area (Å²) in [6.07, 6.45) is 1.32. The Labute approximate surface area is 297 Å². The summed E-state index contributed by atoms with van der Waals surface area (Å²) in [5.41, 5.74) is 1.66. The van der Waals surface area contributed by atoms with Crippen molar-refractivity contribution < 1.29 is 29.0 Å². The number of carbonyl (C=O) groups is 4. The van der Waals surface area contributed by atoms with E-state index in [1.165, 1.54) is 0 Å². The molecule has 0 aromatic heterocycles. The SMILES string of the molecule is CCCC[C@H](NC(=O)[C@H](Cc1cccc2ccccc12)NC(=O)OCc1ccccc1)C(=O)NC(CC(C)C)C(O)CC(=O)NCC(C)CC. The second-order valence-electron chi connectivity index (χ2n) is 13.6. The van der Waals surface area contributed by atoms with Crippen LogP contribution in [0.5, 0.6) is 0 Å². The van der Waals surface area contributed by atoms with Gasteiger partial charge in [0.2, 0.25) is 17.7 Å². The Bertz CT molecular complexity index is 1510. The maximum atomic E-state index is 14.0. The minimum absolute atomic E-state index is 0.0338. The standard InChI is InChI=1S/C40H56N4O6/c1-6-8-21-33(38(47)43-34(22-27(3)4)36(45)24-37(46)41-25-28(5)7-2)42-39(48)35(44-40(49)50-26-29-15-10-9-11-16-29)23-31-19-14-18-30-17-12-13-20-32(30)31/h9-20,27-28,33-36,45H,6-8,21-26H2,1-5H3,(H,41,46)(H,42,48)(H,43,47)(H,44,49)/t28?,33-,34?,35-,36?/m0/s1. The Morgan fingerprint density at radius 3 is 2.18 bits per heavy atom. The molecule has 10 nitrogen and oxygen atoms in total. The van der Waals surface area contributed by atoms with Gasteiger partial charge < -0.3 is 31.1 Å². The minimum Gasteiger partial charge on any atom is -0.445 e. The molecular formula is C40H56N4O6. The Morgan fingerprint density at radius 2 is 1.48 bits per heavy atom. The molecule has 5 atom stereocenters. The van der Waals surface area contributed by atoms with Crippen LogP contribution in [0.3, 0.4) is 0 Å². The maximum Gasteiger partial charge on any atom is 0.408 e. The van der Waals surface area contributed by atoms with E-state index in [1.807, 2.05) is 107 Å². The van der Waals surface area contributed by atoms with E-state index in [4.69, 9.17) is 4.74 Å². The largest absolute Gasteiger partial charge is 0.445 e. The van der Waals surface area contributed by atoms with Gasteiger partial charge >= 0.3 is 6.09 Å². The van der Waals surface area contributed by atoms with Crippen molar-refractivity contribution in [3.8, 4) is 0 Å². The Hall–Kier alpha value is -4.44. The molecule has 0 heterocycles. The molecule has 272 valence electrons. The molecule has 0 saturated carbocycles. The molecule has 0 spiro atoms. The summed E-state index contributed by atoms with van der Waals surface area (Å²) >= 11 is 0. The van der Waals surface area contributed by atoms with E-state index in [0.717, 1.165) is 34.7 Å². The van der Waals surface area contributed by atoms with Crippen LogP contribution in [0.4, 0.5) is 4.79 Å². The predicted octanol–water partition coefficient (Wildman–Crippen LogP) is 5.80. The van der Waals surface area contributed by atoms with E-state index in [1.54, 1.807) is 0 Å². The summed E-state index contributed by atoms with van der Waals surface area (Å²) in [7, 11) is 0. The van der Waals surface area contributed by atoms with Crippen LogP contribution in [0.25, 0.3) is 10.8 Å². The summed E-state index contributed by atoms with van der Waals surface area (Å²) < 4.78 is 5.47. The van der Waals surface area contributed by atoms with Gasteiger partial charge in [-0.05, 0) is 46.6 Å². The average molecular weight is 689 g/mol. The van der Waals surface area contributed by atoms with Gasteiger partial charge in [0.05, 0.1) is 18.6 Å². The molecule has 0 aliphatic heterocycles.